The second-order valence-corrected chi connectivity index (χ2v) is 5.05. The molecule has 2 aromatic rings. The molecule has 0 fully saturated rings. The Morgan fingerprint density at radius 3 is 2.55 bits per heavy atom. The molecule has 0 saturated heterocycles. The lowest BCUT2D eigenvalue weighted by Gasteiger charge is -2.16. The molecule has 0 aliphatic rings. The van der Waals surface area contributed by atoms with Crippen molar-refractivity contribution in [3.05, 3.63) is 29.3 Å². The molecular weight excluding hydrogens is 254 g/mol. The van der Waals surface area contributed by atoms with Crippen LogP contribution in [0.25, 0.3) is 0 Å². The molecule has 0 aromatic carbocycles. The van der Waals surface area contributed by atoms with E-state index in [-0.39, 0.29) is 5.92 Å². The van der Waals surface area contributed by atoms with Gasteiger partial charge in [-0.2, -0.15) is 5.10 Å². The van der Waals surface area contributed by atoms with Gasteiger partial charge in [-0.25, -0.2) is 15.8 Å². The number of rotatable bonds is 5. The zero-order chi connectivity index (χ0) is 14.7. The number of nitrogen functional groups attached to an aromatic ring is 1. The molecule has 0 radical (unpaired) electrons. The molecule has 20 heavy (non-hydrogen) atoms. The van der Waals surface area contributed by atoms with E-state index in [0.717, 1.165) is 22.6 Å². The van der Waals surface area contributed by atoms with Gasteiger partial charge >= 0.3 is 0 Å². The first-order valence-corrected chi connectivity index (χ1v) is 6.57. The molecule has 0 spiro atoms. The average molecular weight is 275 g/mol. The Morgan fingerprint density at radius 2 is 2.00 bits per heavy atom. The first kappa shape index (κ1) is 14.3. The Labute approximate surface area is 118 Å². The van der Waals surface area contributed by atoms with Gasteiger partial charge < -0.3 is 10.7 Å². The van der Waals surface area contributed by atoms with Crippen molar-refractivity contribution < 1.29 is 0 Å². The van der Waals surface area contributed by atoms with Gasteiger partial charge in [0.1, 0.15) is 18.0 Å². The minimum Gasteiger partial charge on any atom is -0.365 e. The van der Waals surface area contributed by atoms with Crippen molar-refractivity contribution >= 4 is 11.6 Å². The van der Waals surface area contributed by atoms with Gasteiger partial charge in [0.2, 0.25) is 0 Å². The van der Waals surface area contributed by atoms with Crippen LogP contribution in [0.1, 0.15) is 36.6 Å². The van der Waals surface area contributed by atoms with Gasteiger partial charge in [0.15, 0.2) is 0 Å². The molecule has 108 valence electrons. The number of hydrazine groups is 1. The second-order valence-electron chi connectivity index (χ2n) is 5.05. The van der Waals surface area contributed by atoms with Crippen LogP contribution in [0, 0.1) is 6.92 Å². The van der Waals surface area contributed by atoms with E-state index in [2.05, 4.69) is 39.7 Å². The monoisotopic (exact) mass is 275 g/mol. The smallest absolute Gasteiger partial charge is 0.148 e. The van der Waals surface area contributed by atoms with Crippen LogP contribution in [0.4, 0.5) is 11.6 Å². The fourth-order valence-electron chi connectivity index (χ4n) is 2.20. The number of hydrogen-bond acceptors (Lipinski definition) is 6. The van der Waals surface area contributed by atoms with Crippen molar-refractivity contribution in [2.45, 2.75) is 33.2 Å². The van der Waals surface area contributed by atoms with Crippen LogP contribution < -0.4 is 16.6 Å². The van der Waals surface area contributed by atoms with E-state index < -0.39 is 0 Å². The minimum atomic E-state index is 0.264. The van der Waals surface area contributed by atoms with Crippen molar-refractivity contribution in [2.75, 3.05) is 10.7 Å². The van der Waals surface area contributed by atoms with E-state index in [1.807, 2.05) is 24.9 Å². The molecule has 2 aromatic heterocycles. The number of aryl methyl sites for hydroxylation is 2. The topological polar surface area (TPSA) is 93.7 Å². The summed E-state index contributed by atoms with van der Waals surface area (Å²) in [7, 11) is 1.91. The predicted molar refractivity (Wildman–Crippen MR) is 79.2 cm³/mol. The summed E-state index contributed by atoms with van der Waals surface area (Å²) >= 11 is 0. The number of nitrogens with one attached hydrogen (secondary N) is 2. The Hall–Kier alpha value is -2.15. The van der Waals surface area contributed by atoms with Crippen molar-refractivity contribution in [2.24, 2.45) is 12.9 Å². The highest BCUT2D eigenvalue weighted by Gasteiger charge is 2.14. The Bertz CT molecular complexity index is 588. The first-order valence-electron chi connectivity index (χ1n) is 6.57. The van der Waals surface area contributed by atoms with Crippen molar-refractivity contribution in [3.63, 3.8) is 0 Å². The van der Waals surface area contributed by atoms with Crippen LogP contribution >= 0.6 is 0 Å². The molecular formula is C13H21N7. The Balaban J connectivity index is 2.23. The average Bonchev–Trinajstić information content (AvgIpc) is 2.73. The van der Waals surface area contributed by atoms with Gasteiger partial charge in [-0.05, 0) is 12.8 Å². The third kappa shape index (κ3) is 2.88. The van der Waals surface area contributed by atoms with Gasteiger partial charge in [0.05, 0.1) is 5.69 Å². The lowest BCUT2D eigenvalue weighted by molar-refractivity contribution is 0.756. The van der Waals surface area contributed by atoms with Crippen LogP contribution in [-0.2, 0) is 13.6 Å². The van der Waals surface area contributed by atoms with Gasteiger partial charge in [-0.1, -0.05) is 13.8 Å². The van der Waals surface area contributed by atoms with Crippen LogP contribution in [0.15, 0.2) is 12.5 Å². The van der Waals surface area contributed by atoms with E-state index in [0.29, 0.717) is 12.4 Å². The molecule has 2 rings (SSSR count). The molecule has 2 heterocycles. The van der Waals surface area contributed by atoms with E-state index >= 15 is 0 Å². The molecule has 0 aliphatic heterocycles. The number of hydrogen-bond donors (Lipinski definition) is 3. The summed E-state index contributed by atoms with van der Waals surface area (Å²) < 4.78 is 1.81. The number of nitrogens with two attached hydrogens (primary N) is 1. The molecule has 0 unspecified atom stereocenters. The lowest BCUT2D eigenvalue weighted by atomic mass is 10.0. The maximum atomic E-state index is 5.51. The molecule has 7 heteroatoms. The third-order valence-electron chi connectivity index (χ3n) is 3.16. The zero-order valence-electron chi connectivity index (χ0n) is 12.3. The van der Waals surface area contributed by atoms with Crippen molar-refractivity contribution in [3.8, 4) is 0 Å². The highest BCUT2D eigenvalue weighted by molar-refractivity contribution is 5.58. The number of nitrogens with zero attached hydrogens (tertiary/aromatic N) is 4. The molecule has 0 bridgehead atoms. The normalized spacial score (nSPS) is 10.9. The van der Waals surface area contributed by atoms with E-state index in [1.54, 1.807) is 0 Å². The standard InChI is InChI=1S/C13H21N7/c1-8(2)11-12(16-7-17-13(11)18-14)15-5-10-6-20(4)19-9(10)3/h6-8H,5,14H2,1-4H3,(H2,15,16,17,18). The molecule has 0 atom stereocenters. The van der Waals surface area contributed by atoms with Gasteiger partial charge in [-0.3, -0.25) is 4.68 Å². The number of anilines is 2. The maximum absolute atomic E-state index is 5.51. The van der Waals surface area contributed by atoms with Crippen LogP contribution in [0.5, 0.6) is 0 Å². The molecule has 4 N–H and O–H groups in total. The first-order chi connectivity index (χ1) is 9.52. The van der Waals surface area contributed by atoms with E-state index in [1.165, 1.54) is 6.33 Å². The Morgan fingerprint density at radius 1 is 1.30 bits per heavy atom. The van der Waals surface area contributed by atoms with Crippen molar-refractivity contribution in [1.29, 1.82) is 0 Å². The number of aromatic nitrogens is 4. The maximum Gasteiger partial charge on any atom is 0.148 e. The quantitative estimate of drug-likeness (QED) is 0.566. The molecule has 0 amide bonds. The summed E-state index contributed by atoms with van der Waals surface area (Å²) in [5.74, 6) is 7.22. The minimum absolute atomic E-state index is 0.264. The molecule has 7 nitrogen and oxygen atoms in total. The summed E-state index contributed by atoms with van der Waals surface area (Å²) in [5, 5.41) is 7.67. The summed E-state index contributed by atoms with van der Waals surface area (Å²) in [4.78, 5) is 8.47. The molecule has 0 aliphatic carbocycles. The predicted octanol–water partition coefficient (Wildman–Crippen LogP) is 1.54. The van der Waals surface area contributed by atoms with Crippen LogP contribution in [0.3, 0.4) is 0 Å². The fraction of sp³-hybridized carbons (Fsp3) is 0.462. The highest BCUT2D eigenvalue weighted by atomic mass is 15.3. The van der Waals surface area contributed by atoms with E-state index in [9.17, 15) is 0 Å². The summed E-state index contributed by atoms with van der Waals surface area (Å²) in [5.41, 5.74) is 5.76. The molecule has 0 saturated carbocycles. The van der Waals surface area contributed by atoms with Crippen molar-refractivity contribution in [1.82, 2.24) is 19.7 Å². The highest BCUT2D eigenvalue weighted by Crippen LogP contribution is 2.28. The summed E-state index contributed by atoms with van der Waals surface area (Å²) in [6.45, 7) is 6.83. The third-order valence-corrected chi connectivity index (χ3v) is 3.16. The summed E-state index contributed by atoms with van der Waals surface area (Å²) in [6, 6.07) is 0. The summed E-state index contributed by atoms with van der Waals surface area (Å²) in [6.07, 6.45) is 3.50. The van der Waals surface area contributed by atoms with Gasteiger partial charge in [-0.15, -0.1) is 0 Å². The van der Waals surface area contributed by atoms with Gasteiger partial charge in [0, 0.05) is 30.9 Å². The second kappa shape index (κ2) is 5.87. The largest absolute Gasteiger partial charge is 0.365 e. The lowest BCUT2D eigenvalue weighted by Crippen LogP contribution is -2.15. The fourth-order valence-corrected chi connectivity index (χ4v) is 2.20. The zero-order valence-corrected chi connectivity index (χ0v) is 12.3. The Kier molecular flexibility index (Phi) is 4.19. The van der Waals surface area contributed by atoms with Crippen LogP contribution in [-0.4, -0.2) is 19.7 Å². The van der Waals surface area contributed by atoms with Crippen LogP contribution in [0.2, 0.25) is 0 Å². The van der Waals surface area contributed by atoms with E-state index in [4.69, 9.17) is 5.84 Å². The SMILES string of the molecule is Cc1nn(C)cc1CNc1ncnc(NN)c1C(C)C. The van der Waals surface area contributed by atoms with Gasteiger partial charge in [0.25, 0.3) is 0 Å².